The zero-order valence-electron chi connectivity index (χ0n) is 29.4. The third-order valence-electron chi connectivity index (χ3n) is 9.85. The van der Waals surface area contributed by atoms with Crippen molar-refractivity contribution < 1.29 is 43.9 Å². The fourth-order valence-corrected chi connectivity index (χ4v) is 6.64. The number of rotatable bonds is 18. The molecule has 2 heterocycles. The second-order valence-electron chi connectivity index (χ2n) is 14.5. The van der Waals surface area contributed by atoms with Crippen LogP contribution in [0.4, 0.5) is 0 Å². The molecule has 9 heteroatoms. The lowest BCUT2D eigenvalue weighted by atomic mass is 9.83. The van der Waals surface area contributed by atoms with Gasteiger partial charge in [0.05, 0.1) is 6.61 Å². The molecule has 5 unspecified atom stereocenters. The number of carbonyl (C=O) groups is 2. The van der Waals surface area contributed by atoms with Gasteiger partial charge in [-0.1, -0.05) is 72.6 Å². The van der Waals surface area contributed by atoms with Gasteiger partial charge in [-0.15, -0.1) is 0 Å². The van der Waals surface area contributed by atoms with Crippen molar-refractivity contribution >= 4 is 11.9 Å². The summed E-state index contributed by atoms with van der Waals surface area (Å²) in [6, 6.07) is 0. The number of carbonyl (C=O) groups excluding carboxylic acids is 2. The lowest BCUT2D eigenvalue weighted by molar-refractivity contribution is -0.149. The second-order valence-corrected chi connectivity index (χ2v) is 14.5. The monoisotopic (exact) mass is 646 g/mol. The van der Waals surface area contributed by atoms with Gasteiger partial charge in [0.2, 0.25) is 5.76 Å². The van der Waals surface area contributed by atoms with E-state index in [1.165, 1.54) is 44.9 Å². The predicted octanol–water partition coefficient (Wildman–Crippen LogP) is 7.10. The van der Waals surface area contributed by atoms with E-state index in [9.17, 15) is 19.8 Å². The summed E-state index contributed by atoms with van der Waals surface area (Å²) in [5.74, 6) is 0.570. The Morgan fingerprint density at radius 3 is 2.17 bits per heavy atom. The van der Waals surface area contributed by atoms with Gasteiger partial charge in [-0.2, -0.15) is 0 Å². The van der Waals surface area contributed by atoms with Crippen LogP contribution in [0.2, 0.25) is 0 Å². The van der Waals surface area contributed by atoms with Crippen LogP contribution >= 0.6 is 0 Å². The highest BCUT2D eigenvalue weighted by atomic mass is 16.6. The van der Waals surface area contributed by atoms with E-state index in [0.29, 0.717) is 11.7 Å². The Morgan fingerprint density at radius 2 is 1.57 bits per heavy atom. The summed E-state index contributed by atoms with van der Waals surface area (Å²) in [4.78, 5) is 24.8. The number of cyclic esters (lactones) is 1. The third-order valence-corrected chi connectivity index (χ3v) is 9.85. The van der Waals surface area contributed by atoms with Crippen molar-refractivity contribution in [3.8, 4) is 11.5 Å². The summed E-state index contributed by atoms with van der Waals surface area (Å²) >= 11 is 0. The fourth-order valence-electron chi connectivity index (χ4n) is 6.64. The van der Waals surface area contributed by atoms with E-state index in [-0.39, 0.29) is 5.60 Å². The van der Waals surface area contributed by atoms with Gasteiger partial charge in [0.25, 0.3) is 0 Å². The van der Waals surface area contributed by atoms with E-state index in [2.05, 4.69) is 34.6 Å². The molecule has 0 aliphatic carbocycles. The van der Waals surface area contributed by atoms with E-state index in [4.69, 9.17) is 24.1 Å². The summed E-state index contributed by atoms with van der Waals surface area (Å²) in [6.45, 7) is 16.0. The number of esters is 2. The van der Waals surface area contributed by atoms with Crippen LogP contribution in [-0.2, 0) is 25.5 Å². The summed E-state index contributed by atoms with van der Waals surface area (Å²) in [6.07, 6.45) is 10.0. The Hall–Kier alpha value is -2.78. The maximum absolute atomic E-state index is 12.8. The molecule has 0 radical (unpaired) electrons. The molecule has 0 amide bonds. The van der Waals surface area contributed by atoms with Crippen molar-refractivity contribution in [2.24, 2.45) is 17.8 Å². The Balaban J connectivity index is 1.52. The molecule has 0 bridgehead atoms. The summed E-state index contributed by atoms with van der Waals surface area (Å²) in [5, 5.41) is 29.0. The highest BCUT2D eigenvalue weighted by molar-refractivity contribution is 5.90. The van der Waals surface area contributed by atoms with Gasteiger partial charge in [-0.05, 0) is 87.8 Å². The topological polar surface area (TPSA) is 132 Å². The number of ether oxygens (including phenoxy) is 4. The van der Waals surface area contributed by atoms with Crippen LogP contribution in [0.3, 0.4) is 0 Å². The Labute approximate surface area is 275 Å². The zero-order valence-corrected chi connectivity index (χ0v) is 29.4. The minimum absolute atomic E-state index is 0.250. The maximum atomic E-state index is 12.8. The number of benzene rings is 1. The van der Waals surface area contributed by atoms with Crippen molar-refractivity contribution in [3.63, 3.8) is 0 Å². The SMILES string of the molecule is Cc1c(C)c2c(c(C)c1OC(=O)COC1=C(O)C(C(O)CO)OC1=O)CCC(C)(CCCC(C)CCCC(C)CCCC(C)C)O2. The van der Waals surface area contributed by atoms with Crippen molar-refractivity contribution in [2.45, 2.75) is 144 Å². The molecule has 2 aliphatic rings. The molecule has 1 aromatic carbocycles. The second kappa shape index (κ2) is 16.9. The number of hydrogen-bond acceptors (Lipinski definition) is 9. The molecule has 3 rings (SSSR count). The fraction of sp³-hybridized carbons (Fsp3) is 0.730. The first-order valence-corrected chi connectivity index (χ1v) is 17.3. The quantitative estimate of drug-likeness (QED) is 0.113. The van der Waals surface area contributed by atoms with E-state index in [0.717, 1.165) is 65.5 Å². The number of aliphatic hydroxyl groups is 3. The molecule has 0 aromatic heterocycles. The van der Waals surface area contributed by atoms with Crippen LogP contribution in [0.25, 0.3) is 0 Å². The van der Waals surface area contributed by atoms with Crippen molar-refractivity contribution in [1.82, 2.24) is 0 Å². The van der Waals surface area contributed by atoms with Crippen molar-refractivity contribution in [2.75, 3.05) is 13.2 Å². The molecule has 1 aromatic rings. The number of aliphatic hydroxyl groups excluding tert-OH is 3. The number of fused-ring (bicyclic) bond motifs is 1. The van der Waals surface area contributed by atoms with Crippen molar-refractivity contribution in [3.05, 3.63) is 33.8 Å². The first-order valence-electron chi connectivity index (χ1n) is 17.3. The molecular formula is C37H58O9. The van der Waals surface area contributed by atoms with Gasteiger partial charge >= 0.3 is 11.9 Å². The molecule has 260 valence electrons. The van der Waals surface area contributed by atoms with Crippen LogP contribution in [-0.4, -0.2) is 58.3 Å². The van der Waals surface area contributed by atoms with E-state index >= 15 is 0 Å². The van der Waals surface area contributed by atoms with Crippen LogP contribution < -0.4 is 9.47 Å². The van der Waals surface area contributed by atoms with Gasteiger partial charge < -0.3 is 34.3 Å². The molecule has 3 N–H and O–H groups in total. The van der Waals surface area contributed by atoms with Gasteiger partial charge in [-0.25, -0.2) is 9.59 Å². The minimum atomic E-state index is -1.51. The largest absolute Gasteiger partial charge is 0.505 e. The molecule has 9 nitrogen and oxygen atoms in total. The third kappa shape index (κ3) is 9.86. The lowest BCUT2D eigenvalue weighted by Gasteiger charge is -2.38. The Bertz CT molecular complexity index is 1240. The summed E-state index contributed by atoms with van der Waals surface area (Å²) in [7, 11) is 0. The minimum Gasteiger partial charge on any atom is -0.505 e. The maximum Gasteiger partial charge on any atom is 0.378 e. The van der Waals surface area contributed by atoms with Gasteiger partial charge in [0, 0.05) is 5.56 Å². The van der Waals surface area contributed by atoms with E-state index < -0.39 is 48.9 Å². The van der Waals surface area contributed by atoms with Crippen molar-refractivity contribution in [1.29, 1.82) is 0 Å². The predicted molar refractivity (Wildman–Crippen MR) is 177 cm³/mol. The molecule has 0 saturated carbocycles. The first kappa shape index (κ1) is 37.7. The van der Waals surface area contributed by atoms with Crippen LogP contribution in [0, 0.1) is 38.5 Å². The van der Waals surface area contributed by atoms with Crippen LogP contribution in [0.5, 0.6) is 11.5 Å². The molecule has 0 fully saturated rings. The summed E-state index contributed by atoms with van der Waals surface area (Å²) < 4.78 is 22.5. The standard InChI is InChI=1S/C37H58O9/c1-22(2)12-9-13-23(3)14-10-15-24(4)16-11-18-37(8)19-17-28-27(7)32(25(5)26(6)33(28)46-37)44-30(40)21-43-35-31(41)34(29(39)20-38)45-36(35)42/h22-24,29,34,38-39,41H,9-21H2,1-8H3. The van der Waals surface area contributed by atoms with E-state index in [1.54, 1.807) is 0 Å². The zero-order chi connectivity index (χ0) is 34.2. The average molecular weight is 647 g/mol. The number of hydrogen-bond donors (Lipinski definition) is 3. The highest BCUT2D eigenvalue weighted by Gasteiger charge is 2.41. The smallest absolute Gasteiger partial charge is 0.378 e. The molecular weight excluding hydrogens is 588 g/mol. The normalized spacial score (nSPS) is 21.5. The Morgan fingerprint density at radius 1 is 0.957 bits per heavy atom. The summed E-state index contributed by atoms with van der Waals surface area (Å²) in [5.41, 5.74) is 3.32. The molecule has 0 spiro atoms. The van der Waals surface area contributed by atoms with Crippen LogP contribution in [0.1, 0.15) is 121 Å². The van der Waals surface area contributed by atoms with Gasteiger partial charge in [-0.3, -0.25) is 0 Å². The van der Waals surface area contributed by atoms with E-state index in [1.807, 2.05) is 20.8 Å². The molecule has 5 atom stereocenters. The van der Waals surface area contributed by atoms with Gasteiger partial charge in [0.15, 0.2) is 18.5 Å². The highest BCUT2D eigenvalue weighted by Crippen LogP contribution is 2.45. The lowest BCUT2D eigenvalue weighted by Crippen LogP contribution is -2.37. The molecule has 46 heavy (non-hydrogen) atoms. The van der Waals surface area contributed by atoms with Gasteiger partial charge in [0.1, 0.15) is 23.2 Å². The molecule has 2 aliphatic heterocycles. The Kier molecular flexibility index (Phi) is 13.8. The average Bonchev–Trinajstić information content (AvgIpc) is 3.28. The molecule has 0 saturated heterocycles. The first-order chi connectivity index (χ1) is 21.7. The van der Waals surface area contributed by atoms with Crippen LogP contribution in [0.15, 0.2) is 11.5 Å².